The molecule has 23 heavy (non-hydrogen) atoms. The number of rotatable bonds is 7. The normalized spacial score (nSPS) is 9.91. The fourth-order valence-corrected chi connectivity index (χ4v) is 1.96. The molecule has 0 saturated carbocycles. The van der Waals surface area contributed by atoms with Crippen molar-refractivity contribution in [2.45, 2.75) is 6.61 Å². The number of nitrogens with zero attached hydrogens (tertiary/aromatic N) is 2. The molecule has 118 valence electrons. The fraction of sp³-hybridized carbons (Fsp3) is 0.188. The van der Waals surface area contributed by atoms with E-state index < -0.39 is 4.92 Å². The predicted molar refractivity (Wildman–Crippen MR) is 84.2 cm³/mol. The first-order valence-corrected chi connectivity index (χ1v) is 6.89. The highest BCUT2D eigenvalue weighted by Gasteiger charge is 2.13. The third kappa shape index (κ3) is 4.43. The van der Waals surface area contributed by atoms with Crippen molar-refractivity contribution < 1.29 is 14.8 Å². The van der Waals surface area contributed by atoms with Gasteiger partial charge < -0.3 is 15.2 Å². The first kappa shape index (κ1) is 16.3. The summed E-state index contributed by atoms with van der Waals surface area (Å²) in [4.78, 5) is 10.5. The Morgan fingerprint density at radius 2 is 2.00 bits per heavy atom. The highest BCUT2D eigenvalue weighted by atomic mass is 16.6. The highest BCUT2D eigenvalue weighted by molar-refractivity contribution is 5.62. The van der Waals surface area contributed by atoms with Gasteiger partial charge in [-0.3, -0.25) is 10.1 Å². The van der Waals surface area contributed by atoms with Gasteiger partial charge in [-0.25, -0.2) is 0 Å². The molecule has 2 aromatic rings. The van der Waals surface area contributed by atoms with Crippen molar-refractivity contribution in [3.63, 3.8) is 0 Å². The Labute approximate surface area is 132 Å². The van der Waals surface area contributed by atoms with Crippen LogP contribution >= 0.6 is 0 Å². The summed E-state index contributed by atoms with van der Waals surface area (Å²) in [6.07, 6.45) is 0. The smallest absolute Gasteiger partial charge is 0.292 e. The molecule has 0 spiro atoms. The maximum atomic E-state index is 11.0. The van der Waals surface area contributed by atoms with Crippen LogP contribution < -0.4 is 10.1 Å². The zero-order valence-corrected chi connectivity index (χ0v) is 12.2. The minimum atomic E-state index is -0.481. The van der Waals surface area contributed by atoms with Gasteiger partial charge in [0.2, 0.25) is 0 Å². The Morgan fingerprint density at radius 3 is 2.61 bits per heavy atom. The molecule has 2 N–H and O–H groups in total. The van der Waals surface area contributed by atoms with Crippen molar-refractivity contribution in [1.82, 2.24) is 0 Å². The molecule has 7 heteroatoms. The molecular formula is C16H15N3O4. The average Bonchev–Trinajstić information content (AvgIpc) is 2.58. The van der Waals surface area contributed by atoms with E-state index in [0.717, 1.165) is 0 Å². The number of nitrogens with one attached hydrogen (secondary N) is 1. The molecule has 0 aromatic heterocycles. The van der Waals surface area contributed by atoms with Crippen molar-refractivity contribution >= 4 is 11.4 Å². The number of nitriles is 1. The summed E-state index contributed by atoms with van der Waals surface area (Å²) in [5.74, 6) is 0.615. The van der Waals surface area contributed by atoms with E-state index in [2.05, 4.69) is 5.32 Å². The van der Waals surface area contributed by atoms with Gasteiger partial charge in [0.25, 0.3) is 5.69 Å². The van der Waals surface area contributed by atoms with Crippen LogP contribution in [0.5, 0.6) is 5.75 Å². The molecular weight excluding hydrogens is 298 g/mol. The molecule has 2 aromatic carbocycles. The van der Waals surface area contributed by atoms with E-state index >= 15 is 0 Å². The molecule has 0 aliphatic heterocycles. The molecule has 0 heterocycles. The average molecular weight is 313 g/mol. The molecule has 0 radical (unpaired) electrons. The highest BCUT2D eigenvalue weighted by Crippen LogP contribution is 2.25. The van der Waals surface area contributed by atoms with E-state index in [1.54, 1.807) is 30.3 Å². The van der Waals surface area contributed by atoms with E-state index in [1.807, 2.05) is 6.07 Å². The Balaban J connectivity index is 1.92. The Morgan fingerprint density at radius 1 is 1.26 bits per heavy atom. The third-order valence-corrected chi connectivity index (χ3v) is 3.11. The number of hydrogen-bond donors (Lipinski definition) is 2. The van der Waals surface area contributed by atoms with Gasteiger partial charge in [0.05, 0.1) is 23.2 Å². The van der Waals surface area contributed by atoms with E-state index in [-0.39, 0.29) is 12.3 Å². The molecule has 0 unspecified atom stereocenters. The maximum absolute atomic E-state index is 11.0. The van der Waals surface area contributed by atoms with Crippen LogP contribution in [0.4, 0.5) is 11.4 Å². The summed E-state index contributed by atoms with van der Waals surface area (Å²) in [6.45, 7) is 0.469. The SMILES string of the molecule is N#Cc1ccc(OCCNc2cc(CO)ccc2[N+](=O)[O-])cc1. The minimum absolute atomic E-state index is 0.0550. The van der Waals surface area contributed by atoms with Crippen LogP contribution in [0.2, 0.25) is 0 Å². The molecule has 0 atom stereocenters. The summed E-state index contributed by atoms with van der Waals surface area (Å²) in [5, 5.41) is 31.7. The molecule has 0 saturated heterocycles. The number of aliphatic hydroxyl groups excluding tert-OH is 1. The van der Waals surface area contributed by atoms with Crippen molar-refractivity contribution in [2.24, 2.45) is 0 Å². The number of ether oxygens (including phenoxy) is 1. The van der Waals surface area contributed by atoms with Gasteiger partial charge in [0.1, 0.15) is 18.0 Å². The molecule has 0 amide bonds. The van der Waals surface area contributed by atoms with Crippen molar-refractivity contribution in [1.29, 1.82) is 5.26 Å². The van der Waals surface area contributed by atoms with Crippen LogP contribution in [0.25, 0.3) is 0 Å². The van der Waals surface area contributed by atoms with E-state index in [4.69, 9.17) is 15.1 Å². The zero-order chi connectivity index (χ0) is 16.7. The second kappa shape index (κ2) is 7.77. The molecule has 0 aliphatic carbocycles. The van der Waals surface area contributed by atoms with Gasteiger partial charge in [0.15, 0.2) is 0 Å². The Hall–Kier alpha value is -3.11. The van der Waals surface area contributed by atoms with Gasteiger partial charge in [0, 0.05) is 12.6 Å². The van der Waals surface area contributed by atoms with Crippen LogP contribution in [-0.2, 0) is 6.61 Å². The van der Waals surface area contributed by atoms with Gasteiger partial charge in [-0.1, -0.05) is 0 Å². The van der Waals surface area contributed by atoms with Gasteiger partial charge in [-0.05, 0) is 42.0 Å². The van der Waals surface area contributed by atoms with E-state index in [0.29, 0.717) is 35.7 Å². The van der Waals surface area contributed by atoms with Gasteiger partial charge >= 0.3 is 0 Å². The largest absolute Gasteiger partial charge is 0.492 e. The number of aliphatic hydroxyl groups is 1. The quantitative estimate of drug-likeness (QED) is 0.462. The van der Waals surface area contributed by atoms with Crippen molar-refractivity contribution in [2.75, 3.05) is 18.5 Å². The van der Waals surface area contributed by atoms with Gasteiger partial charge in [-0.2, -0.15) is 5.26 Å². The molecule has 2 rings (SSSR count). The molecule has 0 aliphatic rings. The lowest BCUT2D eigenvalue weighted by Crippen LogP contribution is -2.12. The number of benzene rings is 2. The van der Waals surface area contributed by atoms with Crippen LogP contribution in [0.3, 0.4) is 0 Å². The first-order chi connectivity index (χ1) is 11.1. The number of nitro benzene ring substituents is 1. The molecule has 0 fully saturated rings. The lowest BCUT2D eigenvalue weighted by Gasteiger charge is -2.10. The van der Waals surface area contributed by atoms with Crippen LogP contribution in [0.15, 0.2) is 42.5 Å². The van der Waals surface area contributed by atoms with Crippen LogP contribution in [-0.4, -0.2) is 23.2 Å². The molecule has 0 bridgehead atoms. The number of anilines is 1. The maximum Gasteiger partial charge on any atom is 0.292 e. The minimum Gasteiger partial charge on any atom is -0.492 e. The van der Waals surface area contributed by atoms with Gasteiger partial charge in [-0.15, -0.1) is 0 Å². The van der Waals surface area contributed by atoms with Crippen molar-refractivity contribution in [3.05, 3.63) is 63.7 Å². The number of nitro groups is 1. The molecule has 7 nitrogen and oxygen atoms in total. The predicted octanol–water partition coefficient (Wildman–Crippen LogP) is 2.45. The van der Waals surface area contributed by atoms with E-state index in [1.165, 1.54) is 12.1 Å². The number of hydrogen-bond acceptors (Lipinski definition) is 6. The zero-order valence-electron chi connectivity index (χ0n) is 12.2. The monoisotopic (exact) mass is 313 g/mol. The van der Waals surface area contributed by atoms with Crippen molar-refractivity contribution in [3.8, 4) is 11.8 Å². The van der Waals surface area contributed by atoms with E-state index in [9.17, 15) is 10.1 Å². The third-order valence-electron chi connectivity index (χ3n) is 3.11. The topological polar surface area (TPSA) is 108 Å². The lowest BCUT2D eigenvalue weighted by molar-refractivity contribution is -0.384. The Bertz CT molecular complexity index is 723. The fourth-order valence-electron chi connectivity index (χ4n) is 1.96. The summed E-state index contributed by atoms with van der Waals surface area (Å²) >= 11 is 0. The van der Waals surface area contributed by atoms with Crippen LogP contribution in [0, 0.1) is 21.4 Å². The summed E-state index contributed by atoms with van der Waals surface area (Å²) < 4.78 is 5.49. The lowest BCUT2D eigenvalue weighted by atomic mass is 10.2. The Kier molecular flexibility index (Phi) is 5.50. The van der Waals surface area contributed by atoms with Crippen LogP contribution in [0.1, 0.15) is 11.1 Å². The second-order valence-electron chi connectivity index (χ2n) is 4.68. The standard InChI is InChI=1S/C16H15N3O4/c17-10-12-1-4-14(5-2-12)23-8-7-18-15-9-13(11-20)3-6-16(15)19(21)22/h1-6,9,18,20H,7-8,11H2. The summed E-state index contributed by atoms with van der Waals surface area (Å²) in [6, 6.07) is 13.1. The first-order valence-electron chi connectivity index (χ1n) is 6.89. The summed E-state index contributed by atoms with van der Waals surface area (Å²) in [5.41, 5.74) is 1.42. The second-order valence-corrected chi connectivity index (χ2v) is 4.68. The summed E-state index contributed by atoms with van der Waals surface area (Å²) in [7, 11) is 0.